The molecule has 19 heavy (non-hydrogen) atoms. The molecule has 0 radical (unpaired) electrons. The van der Waals surface area contributed by atoms with E-state index in [0.717, 1.165) is 6.42 Å². The maximum atomic E-state index is 6.06. The maximum absolute atomic E-state index is 6.06. The van der Waals surface area contributed by atoms with Crippen LogP contribution < -0.4 is 11.1 Å². The predicted molar refractivity (Wildman–Crippen MR) is 81.1 cm³/mol. The molecule has 0 amide bonds. The molecule has 1 aliphatic rings. The third-order valence-electron chi connectivity index (χ3n) is 3.83. The second-order valence-corrected chi connectivity index (χ2v) is 5.32. The molecule has 1 saturated carbocycles. The Kier molecular flexibility index (Phi) is 5.25. The number of nitrogens with zero attached hydrogens (tertiary/aromatic N) is 1. The average Bonchev–Trinajstić information content (AvgIpc) is 2.47. The van der Waals surface area contributed by atoms with Crippen LogP contribution in [0, 0.1) is 0 Å². The van der Waals surface area contributed by atoms with Crippen LogP contribution >= 0.6 is 0 Å². The first-order chi connectivity index (χ1) is 9.29. The fraction of sp³-hybridized carbons (Fsp3) is 0.562. The topological polar surface area (TPSA) is 50.4 Å². The third kappa shape index (κ3) is 4.27. The number of nitrogens with two attached hydrogens (primary N) is 1. The Morgan fingerprint density at radius 2 is 1.95 bits per heavy atom. The van der Waals surface area contributed by atoms with Gasteiger partial charge in [0.25, 0.3) is 0 Å². The molecule has 1 atom stereocenters. The molecule has 0 aromatic heterocycles. The fourth-order valence-electron chi connectivity index (χ4n) is 2.73. The highest BCUT2D eigenvalue weighted by atomic mass is 15.1. The van der Waals surface area contributed by atoms with Crippen LogP contribution in [0.5, 0.6) is 0 Å². The summed E-state index contributed by atoms with van der Waals surface area (Å²) in [5, 5.41) is 3.36. The van der Waals surface area contributed by atoms with E-state index in [9.17, 15) is 0 Å². The van der Waals surface area contributed by atoms with Crippen molar-refractivity contribution >= 4 is 5.96 Å². The summed E-state index contributed by atoms with van der Waals surface area (Å²) in [4.78, 5) is 4.63. The van der Waals surface area contributed by atoms with E-state index < -0.39 is 0 Å². The largest absolute Gasteiger partial charge is 0.370 e. The van der Waals surface area contributed by atoms with E-state index in [-0.39, 0.29) is 6.04 Å². The molecule has 1 aliphatic carbocycles. The molecule has 1 unspecified atom stereocenters. The Bertz CT molecular complexity index is 394. The van der Waals surface area contributed by atoms with Crippen molar-refractivity contribution in [3.8, 4) is 0 Å². The highest BCUT2D eigenvalue weighted by Crippen LogP contribution is 2.20. The van der Waals surface area contributed by atoms with Gasteiger partial charge in [0.1, 0.15) is 0 Å². The Morgan fingerprint density at radius 3 is 2.58 bits per heavy atom. The number of aliphatic imine (C=N–C) groups is 1. The molecule has 104 valence electrons. The summed E-state index contributed by atoms with van der Waals surface area (Å²) in [5.74, 6) is 0.600. The van der Waals surface area contributed by atoms with Crippen molar-refractivity contribution in [2.75, 3.05) is 0 Å². The van der Waals surface area contributed by atoms with Crippen molar-refractivity contribution in [3.63, 3.8) is 0 Å². The number of nitrogens with one attached hydrogen (secondary N) is 1. The van der Waals surface area contributed by atoms with Crippen LogP contribution in [0.3, 0.4) is 0 Å². The molecule has 0 aliphatic heterocycles. The molecule has 3 nitrogen and oxygen atoms in total. The van der Waals surface area contributed by atoms with Crippen LogP contribution in [-0.4, -0.2) is 12.0 Å². The van der Waals surface area contributed by atoms with Gasteiger partial charge in [-0.15, -0.1) is 0 Å². The maximum Gasteiger partial charge on any atom is 0.189 e. The van der Waals surface area contributed by atoms with Crippen LogP contribution in [0.15, 0.2) is 35.3 Å². The van der Waals surface area contributed by atoms with Crippen molar-refractivity contribution in [2.45, 2.75) is 57.5 Å². The van der Waals surface area contributed by atoms with Crippen LogP contribution in [-0.2, 0) is 0 Å². The van der Waals surface area contributed by atoms with Crippen LogP contribution in [0.1, 0.15) is 57.1 Å². The van der Waals surface area contributed by atoms with Gasteiger partial charge in [-0.1, -0.05) is 56.5 Å². The molecule has 3 heteroatoms. The monoisotopic (exact) mass is 259 g/mol. The standard InChI is InChI=1S/C16H25N3/c1-2-15(13-9-5-3-6-10-13)19-16(17)18-14-11-7-4-8-12-14/h3,5-6,9-10,14-15H,2,4,7-8,11-12H2,1H3,(H3,17,18,19). The van der Waals surface area contributed by atoms with Gasteiger partial charge in [0, 0.05) is 0 Å². The van der Waals surface area contributed by atoms with Gasteiger partial charge in [0.2, 0.25) is 0 Å². The van der Waals surface area contributed by atoms with E-state index in [0.29, 0.717) is 12.0 Å². The zero-order valence-electron chi connectivity index (χ0n) is 11.8. The van der Waals surface area contributed by atoms with Gasteiger partial charge in [-0.2, -0.15) is 0 Å². The number of rotatable bonds is 4. The fourth-order valence-corrected chi connectivity index (χ4v) is 2.73. The van der Waals surface area contributed by atoms with E-state index in [1.165, 1.54) is 37.7 Å². The Hall–Kier alpha value is -1.51. The highest BCUT2D eigenvalue weighted by Gasteiger charge is 2.14. The van der Waals surface area contributed by atoms with Gasteiger partial charge in [-0.25, -0.2) is 0 Å². The lowest BCUT2D eigenvalue weighted by molar-refractivity contribution is 0.441. The van der Waals surface area contributed by atoms with E-state index in [2.05, 4.69) is 41.5 Å². The summed E-state index contributed by atoms with van der Waals surface area (Å²) >= 11 is 0. The molecule has 0 bridgehead atoms. The molecule has 2 rings (SSSR count). The Labute approximate surface area is 116 Å². The summed E-state index contributed by atoms with van der Waals surface area (Å²) in [6.45, 7) is 2.17. The van der Waals surface area contributed by atoms with Crippen molar-refractivity contribution in [3.05, 3.63) is 35.9 Å². The molecule has 1 aromatic carbocycles. The van der Waals surface area contributed by atoms with Gasteiger partial charge in [0.05, 0.1) is 12.1 Å². The minimum absolute atomic E-state index is 0.258. The lowest BCUT2D eigenvalue weighted by Gasteiger charge is -2.21. The lowest BCUT2D eigenvalue weighted by atomic mass is 9.96. The number of hydrogen-bond acceptors (Lipinski definition) is 1. The molecule has 1 fully saturated rings. The molecule has 0 heterocycles. The first-order valence-corrected chi connectivity index (χ1v) is 7.44. The predicted octanol–water partition coefficient (Wildman–Crippen LogP) is 3.37. The summed E-state index contributed by atoms with van der Waals surface area (Å²) in [7, 11) is 0. The molecule has 1 aromatic rings. The SMILES string of the molecule is CCC(NC(N)=NC1CCCCC1)c1ccccc1. The normalized spacial score (nSPS) is 19.1. The zero-order chi connectivity index (χ0) is 13.5. The van der Waals surface area contributed by atoms with E-state index in [1.807, 2.05) is 6.07 Å². The smallest absolute Gasteiger partial charge is 0.189 e. The van der Waals surface area contributed by atoms with E-state index >= 15 is 0 Å². The average molecular weight is 259 g/mol. The van der Waals surface area contributed by atoms with Gasteiger partial charge < -0.3 is 11.1 Å². The Morgan fingerprint density at radius 1 is 1.26 bits per heavy atom. The summed E-state index contributed by atoms with van der Waals surface area (Å²) in [5.41, 5.74) is 7.33. The molecule has 3 N–H and O–H groups in total. The van der Waals surface area contributed by atoms with Crippen LogP contribution in [0.4, 0.5) is 0 Å². The first-order valence-electron chi connectivity index (χ1n) is 7.44. The van der Waals surface area contributed by atoms with Crippen molar-refractivity contribution < 1.29 is 0 Å². The quantitative estimate of drug-likeness (QED) is 0.643. The summed E-state index contributed by atoms with van der Waals surface area (Å²) in [6.07, 6.45) is 7.30. The van der Waals surface area contributed by atoms with Crippen molar-refractivity contribution in [2.24, 2.45) is 10.7 Å². The molecule has 0 spiro atoms. The minimum atomic E-state index is 0.258. The molecular formula is C16H25N3. The minimum Gasteiger partial charge on any atom is -0.370 e. The number of guanidine groups is 1. The number of hydrogen-bond donors (Lipinski definition) is 2. The molecule has 0 saturated heterocycles. The van der Waals surface area contributed by atoms with E-state index in [1.54, 1.807) is 0 Å². The molecular weight excluding hydrogens is 234 g/mol. The second kappa shape index (κ2) is 7.17. The summed E-state index contributed by atoms with van der Waals surface area (Å²) in [6, 6.07) is 11.1. The van der Waals surface area contributed by atoms with Gasteiger partial charge >= 0.3 is 0 Å². The van der Waals surface area contributed by atoms with Gasteiger partial charge in [-0.3, -0.25) is 4.99 Å². The highest BCUT2D eigenvalue weighted by molar-refractivity contribution is 5.78. The van der Waals surface area contributed by atoms with Crippen molar-refractivity contribution in [1.29, 1.82) is 0 Å². The lowest BCUT2D eigenvalue weighted by Crippen LogP contribution is -2.36. The van der Waals surface area contributed by atoms with Crippen LogP contribution in [0.2, 0.25) is 0 Å². The zero-order valence-corrected chi connectivity index (χ0v) is 11.8. The summed E-state index contributed by atoms with van der Waals surface area (Å²) < 4.78 is 0. The van der Waals surface area contributed by atoms with Crippen molar-refractivity contribution in [1.82, 2.24) is 5.32 Å². The van der Waals surface area contributed by atoms with Gasteiger partial charge in [-0.05, 0) is 24.8 Å². The third-order valence-corrected chi connectivity index (χ3v) is 3.83. The first kappa shape index (κ1) is 13.9. The second-order valence-electron chi connectivity index (χ2n) is 5.32. The number of benzene rings is 1. The van der Waals surface area contributed by atoms with Crippen LogP contribution in [0.25, 0.3) is 0 Å². The van der Waals surface area contributed by atoms with Gasteiger partial charge in [0.15, 0.2) is 5.96 Å². The van der Waals surface area contributed by atoms with E-state index in [4.69, 9.17) is 5.73 Å². The Balaban J connectivity index is 1.95.